The third-order valence-corrected chi connectivity index (χ3v) is 3.89. The van der Waals surface area contributed by atoms with Crippen molar-refractivity contribution in [2.24, 2.45) is 0 Å². The van der Waals surface area contributed by atoms with Gasteiger partial charge in [-0.3, -0.25) is 4.79 Å². The second-order valence-corrected chi connectivity index (χ2v) is 5.78. The summed E-state index contributed by atoms with van der Waals surface area (Å²) in [6.45, 7) is 3.01. The molecule has 0 aliphatic carbocycles. The van der Waals surface area contributed by atoms with Gasteiger partial charge in [0.1, 0.15) is 0 Å². The highest BCUT2D eigenvalue weighted by molar-refractivity contribution is 5.88. The summed E-state index contributed by atoms with van der Waals surface area (Å²) in [5, 5.41) is 0. The molecule has 0 unspecified atom stereocenters. The predicted octanol–water partition coefficient (Wildman–Crippen LogP) is 2.80. The van der Waals surface area contributed by atoms with Crippen molar-refractivity contribution in [3.8, 4) is 5.88 Å². The van der Waals surface area contributed by atoms with Crippen molar-refractivity contribution in [2.45, 2.75) is 19.0 Å². The maximum atomic E-state index is 12.8. The third-order valence-electron chi connectivity index (χ3n) is 3.89. The standard InChI is InChI=1S/C16H18F5N3O2/c1-11-9-12(10-13(22-11)26-2)23-5-7-24(8-6-23)14(25)3-4-15(17,18)16(19,20)21/h3-4,9-10H,5-8H2,1-2H3/b4-3+. The monoisotopic (exact) mass is 379 g/mol. The number of nitrogens with zero attached hydrogens (tertiary/aromatic N) is 3. The lowest BCUT2D eigenvalue weighted by molar-refractivity contribution is -0.259. The normalized spacial score (nSPS) is 16.3. The SMILES string of the molecule is COc1cc(N2CCN(C(=O)/C=C/C(F)(F)C(F)(F)F)CC2)cc(C)n1. The van der Waals surface area contributed by atoms with Crippen LogP contribution in [0, 0.1) is 6.92 Å². The number of aromatic nitrogens is 1. The van der Waals surface area contributed by atoms with Crippen LogP contribution in [0.4, 0.5) is 27.6 Å². The predicted molar refractivity (Wildman–Crippen MR) is 84.5 cm³/mol. The zero-order valence-electron chi connectivity index (χ0n) is 14.2. The number of aryl methyl sites for hydroxylation is 1. The first-order valence-corrected chi connectivity index (χ1v) is 7.74. The third kappa shape index (κ3) is 4.61. The topological polar surface area (TPSA) is 45.7 Å². The van der Waals surface area contributed by atoms with Gasteiger partial charge in [-0.1, -0.05) is 0 Å². The molecule has 0 bridgehead atoms. The molecule has 2 rings (SSSR count). The molecule has 0 atom stereocenters. The molecule has 1 aliphatic heterocycles. The second kappa shape index (κ2) is 7.46. The Hall–Kier alpha value is -2.39. The van der Waals surface area contributed by atoms with E-state index in [4.69, 9.17) is 4.74 Å². The van der Waals surface area contributed by atoms with Crippen molar-refractivity contribution >= 4 is 11.6 Å². The molecule has 1 aromatic rings. The van der Waals surface area contributed by atoms with Crippen LogP contribution in [0.2, 0.25) is 0 Å². The van der Waals surface area contributed by atoms with Gasteiger partial charge in [-0.05, 0) is 19.1 Å². The summed E-state index contributed by atoms with van der Waals surface area (Å²) in [6, 6.07) is 3.57. The van der Waals surface area contributed by atoms with Crippen LogP contribution in [-0.4, -0.2) is 61.2 Å². The van der Waals surface area contributed by atoms with E-state index in [0.717, 1.165) is 11.4 Å². The summed E-state index contributed by atoms with van der Waals surface area (Å²) in [6.07, 6.45) is -5.84. The zero-order valence-corrected chi connectivity index (χ0v) is 14.2. The van der Waals surface area contributed by atoms with Gasteiger partial charge < -0.3 is 14.5 Å². The quantitative estimate of drug-likeness (QED) is 0.596. The molecule has 2 heterocycles. The maximum Gasteiger partial charge on any atom is 0.457 e. The number of halogens is 5. The van der Waals surface area contributed by atoms with Gasteiger partial charge in [0.15, 0.2) is 0 Å². The fourth-order valence-electron chi connectivity index (χ4n) is 2.47. The summed E-state index contributed by atoms with van der Waals surface area (Å²) in [5.41, 5.74) is 1.58. The summed E-state index contributed by atoms with van der Waals surface area (Å²) in [4.78, 5) is 19.2. The van der Waals surface area contributed by atoms with E-state index in [2.05, 4.69) is 4.98 Å². The van der Waals surface area contributed by atoms with Gasteiger partial charge in [-0.25, -0.2) is 4.98 Å². The number of methoxy groups -OCH3 is 1. The van der Waals surface area contributed by atoms with E-state index in [1.165, 1.54) is 12.0 Å². The Morgan fingerprint density at radius 3 is 2.31 bits per heavy atom. The van der Waals surface area contributed by atoms with Gasteiger partial charge in [0.25, 0.3) is 0 Å². The Bertz CT molecular complexity index is 683. The van der Waals surface area contributed by atoms with Gasteiger partial charge in [0, 0.05) is 49.7 Å². The van der Waals surface area contributed by atoms with Crippen LogP contribution in [0.5, 0.6) is 5.88 Å². The van der Waals surface area contributed by atoms with Gasteiger partial charge in [-0.2, -0.15) is 22.0 Å². The largest absolute Gasteiger partial charge is 0.481 e. The number of hydrogen-bond donors (Lipinski definition) is 0. The van der Waals surface area contributed by atoms with Crippen LogP contribution in [0.25, 0.3) is 0 Å². The van der Waals surface area contributed by atoms with Crippen LogP contribution in [0.1, 0.15) is 5.69 Å². The van der Waals surface area contributed by atoms with Crippen molar-refractivity contribution < 1.29 is 31.5 Å². The Morgan fingerprint density at radius 1 is 1.15 bits per heavy atom. The molecule has 1 amide bonds. The molecule has 0 N–H and O–H groups in total. The Morgan fingerprint density at radius 2 is 1.77 bits per heavy atom. The first kappa shape index (κ1) is 19.9. The molecule has 1 aromatic heterocycles. The van der Waals surface area contributed by atoms with E-state index in [1.807, 2.05) is 11.0 Å². The smallest absolute Gasteiger partial charge is 0.457 e. The lowest BCUT2D eigenvalue weighted by Gasteiger charge is -2.35. The Balaban J connectivity index is 1.98. The number of rotatable bonds is 4. The average molecular weight is 379 g/mol. The van der Waals surface area contributed by atoms with Gasteiger partial charge >= 0.3 is 12.1 Å². The summed E-state index contributed by atoms with van der Waals surface area (Å²) >= 11 is 0. The molecule has 144 valence electrons. The minimum absolute atomic E-state index is 0.199. The first-order chi connectivity index (χ1) is 12.0. The minimum Gasteiger partial charge on any atom is -0.481 e. The number of alkyl halides is 5. The Kier molecular flexibility index (Phi) is 5.72. The molecule has 1 aliphatic rings. The van der Waals surface area contributed by atoms with E-state index >= 15 is 0 Å². The van der Waals surface area contributed by atoms with E-state index in [-0.39, 0.29) is 19.2 Å². The summed E-state index contributed by atoms with van der Waals surface area (Å²) in [5.74, 6) is -5.47. The van der Waals surface area contributed by atoms with Gasteiger partial charge in [-0.15, -0.1) is 0 Å². The van der Waals surface area contributed by atoms with Crippen molar-refractivity contribution in [2.75, 3.05) is 38.2 Å². The van der Waals surface area contributed by atoms with Gasteiger partial charge in [0.2, 0.25) is 11.8 Å². The molecule has 0 saturated carbocycles. The van der Waals surface area contributed by atoms with Crippen LogP contribution < -0.4 is 9.64 Å². The van der Waals surface area contributed by atoms with Crippen molar-refractivity contribution in [3.05, 3.63) is 30.0 Å². The molecule has 26 heavy (non-hydrogen) atoms. The number of ether oxygens (including phenoxy) is 1. The number of piperazine rings is 1. The zero-order chi connectivity index (χ0) is 19.5. The molecular weight excluding hydrogens is 361 g/mol. The fourth-order valence-corrected chi connectivity index (χ4v) is 2.47. The van der Waals surface area contributed by atoms with E-state index in [1.54, 1.807) is 13.0 Å². The summed E-state index contributed by atoms with van der Waals surface area (Å²) in [7, 11) is 1.49. The number of carbonyl (C=O) groups is 1. The lowest BCUT2D eigenvalue weighted by atomic mass is 10.2. The number of allylic oxidation sites excluding steroid dienone is 1. The molecule has 0 radical (unpaired) electrons. The van der Waals surface area contributed by atoms with Gasteiger partial charge in [0.05, 0.1) is 7.11 Å². The van der Waals surface area contributed by atoms with Crippen LogP contribution >= 0.6 is 0 Å². The molecule has 1 saturated heterocycles. The number of anilines is 1. The molecule has 0 spiro atoms. The molecule has 1 fully saturated rings. The highest BCUT2D eigenvalue weighted by Crippen LogP contribution is 2.36. The highest BCUT2D eigenvalue weighted by Gasteiger charge is 2.55. The maximum absolute atomic E-state index is 12.8. The number of hydrogen-bond acceptors (Lipinski definition) is 4. The van der Waals surface area contributed by atoms with Crippen LogP contribution in [0.15, 0.2) is 24.3 Å². The molecule has 0 aromatic carbocycles. The number of carbonyl (C=O) groups excluding carboxylic acids is 1. The second-order valence-electron chi connectivity index (χ2n) is 5.78. The average Bonchev–Trinajstić information content (AvgIpc) is 2.58. The van der Waals surface area contributed by atoms with Crippen LogP contribution in [-0.2, 0) is 4.79 Å². The molecular formula is C16H18F5N3O2. The van der Waals surface area contributed by atoms with E-state index in [0.29, 0.717) is 19.0 Å². The van der Waals surface area contributed by atoms with E-state index in [9.17, 15) is 26.7 Å². The fraction of sp³-hybridized carbons (Fsp3) is 0.500. The minimum atomic E-state index is -5.72. The summed E-state index contributed by atoms with van der Waals surface area (Å²) < 4.78 is 67.1. The van der Waals surface area contributed by atoms with Crippen LogP contribution in [0.3, 0.4) is 0 Å². The lowest BCUT2D eigenvalue weighted by Crippen LogP contribution is -2.48. The van der Waals surface area contributed by atoms with Crippen molar-refractivity contribution in [1.82, 2.24) is 9.88 Å². The first-order valence-electron chi connectivity index (χ1n) is 7.74. The van der Waals surface area contributed by atoms with E-state index < -0.39 is 24.1 Å². The Labute approximate surface area is 147 Å². The molecule has 10 heteroatoms. The van der Waals surface area contributed by atoms with Crippen molar-refractivity contribution in [1.29, 1.82) is 0 Å². The number of amides is 1. The molecule has 5 nitrogen and oxygen atoms in total. The van der Waals surface area contributed by atoms with Crippen molar-refractivity contribution in [3.63, 3.8) is 0 Å². The highest BCUT2D eigenvalue weighted by atomic mass is 19.4. The number of pyridine rings is 1.